The second-order valence-electron chi connectivity index (χ2n) is 6.70. The Morgan fingerprint density at radius 2 is 1.87 bits per heavy atom. The van der Waals surface area contributed by atoms with Crippen LogP contribution in [0.5, 0.6) is 5.75 Å². The fourth-order valence-corrected chi connectivity index (χ4v) is 3.31. The number of nitrogens with one attached hydrogen (secondary N) is 1. The molecule has 0 bridgehead atoms. The van der Waals surface area contributed by atoms with Gasteiger partial charge >= 0.3 is 5.97 Å². The van der Waals surface area contributed by atoms with Crippen LogP contribution in [0.4, 0.5) is 0 Å². The zero-order valence-electron chi connectivity index (χ0n) is 13.6. The van der Waals surface area contributed by atoms with E-state index in [0.29, 0.717) is 11.3 Å². The number of piperidine rings is 1. The van der Waals surface area contributed by atoms with Gasteiger partial charge in [-0.05, 0) is 51.2 Å². The molecule has 0 spiro atoms. The van der Waals surface area contributed by atoms with Crippen molar-refractivity contribution >= 4 is 16.7 Å². The largest absolute Gasteiger partial charge is 0.506 e. The second kappa shape index (κ2) is 6.20. The molecule has 0 aliphatic carbocycles. The van der Waals surface area contributed by atoms with E-state index in [0.717, 1.165) is 31.3 Å². The van der Waals surface area contributed by atoms with Gasteiger partial charge < -0.3 is 15.2 Å². The van der Waals surface area contributed by atoms with Crippen LogP contribution in [0.3, 0.4) is 0 Å². The number of phenols is 1. The summed E-state index contributed by atoms with van der Waals surface area (Å²) in [6.45, 7) is 5.82. The van der Waals surface area contributed by atoms with Crippen LogP contribution in [0.1, 0.15) is 37.0 Å². The Labute approximate surface area is 136 Å². The highest BCUT2D eigenvalue weighted by Gasteiger charge is 2.35. The van der Waals surface area contributed by atoms with Crippen molar-refractivity contribution in [1.29, 1.82) is 0 Å². The van der Waals surface area contributed by atoms with Gasteiger partial charge in [-0.15, -0.1) is 0 Å². The molecule has 1 fully saturated rings. The highest BCUT2D eigenvalue weighted by molar-refractivity contribution is 6.01. The summed E-state index contributed by atoms with van der Waals surface area (Å²) in [5.74, 6) is -0.138. The van der Waals surface area contributed by atoms with Crippen molar-refractivity contribution in [1.82, 2.24) is 5.32 Å². The van der Waals surface area contributed by atoms with Crippen LogP contribution in [0.2, 0.25) is 0 Å². The maximum Gasteiger partial charge on any atom is 0.342 e. The van der Waals surface area contributed by atoms with E-state index in [2.05, 4.69) is 5.32 Å². The summed E-state index contributed by atoms with van der Waals surface area (Å²) < 4.78 is 5.77. The lowest BCUT2D eigenvalue weighted by Gasteiger charge is -2.36. The van der Waals surface area contributed by atoms with Crippen molar-refractivity contribution in [2.45, 2.75) is 32.3 Å². The molecular formula is C19H23NO3. The van der Waals surface area contributed by atoms with Gasteiger partial charge in [0.05, 0.1) is 0 Å². The number of esters is 1. The molecule has 0 unspecified atom stereocenters. The van der Waals surface area contributed by atoms with Gasteiger partial charge in [-0.25, -0.2) is 4.79 Å². The van der Waals surface area contributed by atoms with Crippen molar-refractivity contribution < 1.29 is 14.6 Å². The van der Waals surface area contributed by atoms with Crippen molar-refractivity contribution in [3.63, 3.8) is 0 Å². The van der Waals surface area contributed by atoms with Gasteiger partial charge in [0.2, 0.25) is 0 Å². The zero-order chi connectivity index (χ0) is 16.4. The number of rotatable bonds is 3. The number of ether oxygens (including phenoxy) is 1. The highest BCUT2D eigenvalue weighted by Crippen LogP contribution is 2.33. The molecule has 1 heterocycles. The van der Waals surface area contributed by atoms with Gasteiger partial charge in [0, 0.05) is 11.3 Å². The van der Waals surface area contributed by atoms with Crippen LogP contribution >= 0.6 is 0 Å². The summed E-state index contributed by atoms with van der Waals surface area (Å²) in [5.41, 5.74) is -0.317. The number of carbonyl (C=O) groups excluding carboxylic acids is 1. The van der Waals surface area contributed by atoms with Crippen molar-refractivity contribution in [2.75, 3.05) is 13.1 Å². The Morgan fingerprint density at radius 3 is 2.61 bits per heavy atom. The molecule has 2 aromatic carbocycles. The van der Waals surface area contributed by atoms with Crippen LogP contribution < -0.4 is 5.32 Å². The minimum absolute atomic E-state index is 0.00536. The van der Waals surface area contributed by atoms with Gasteiger partial charge in [0.25, 0.3) is 0 Å². The molecule has 0 atom stereocenters. The van der Waals surface area contributed by atoms with Crippen LogP contribution in [-0.2, 0) is 4.74 Å². The third-order valence-corrected chi connectivity index (χ3v) is 4.80. The van der Waals surface area contributed by atoms with E-state index in [-0.39, 0.29) is 11.3 Å². The molecule has 0 radical (unpaired) electrons. The first kappa shape index (κ1) is 15.8. The van der Waals surface area contributed by atoms with E-state index >= 15 is 0 Å². The number of fused-ring (bicyclic) bond motifs is 1. The molecule has 1 saturated heterocycles. The summed E-state index contributed by atoms with van der Waals surface area (Å²) in [6, 6.07) is 10.9. The molecule has 2 N–H and O–H groups in total. The van der Waals surface area contributed by atoms with Crippen molar-refractivity contribution in [3.8, 4) is 5.75 Å². The Hall–Kier alpha value is -2.07. The van der Waals surface area contributed by atoms with Gasteiger partial charge in [-0.2, -0.15) is 0 Å². The number of carbonyl (C=O) groups is 1. The molecule has 1 aliphatic heterocycles. The lowest BCUT2D eigenvalue weighted by Crippen LogP contribution is -2.42. The molecular weight excluding hydrogens is 290 g/mol. The fourth-order valence-electron chi connectivity index (χ4n) is 3.31. The molecule has 0 saturated carbocycles. The van der Waals surface area contributed by atoms with Gasteiger partial charge in [-0.1, -0.05) is 30.3 Å². The maximum absolute atomic E-state index is 12.6. The standard InChI is InChI=1S/C19H23NO3/c1-19(2,14-9-11-20-12-10-14)23-18(22)16-8-7-13-5-3-4-6-15(13)17(16)21/h3-8,14,20-21H,9-12H2,1-2H3. The average Bonchev–Trinajstić information content (AvgIpc) is 2.56. The molecule has 122 valence electrons. The van der Waals surface area contributed by atoms with E-state index in [1.165, 1.54) is 0 Å². The number of phenolic OH excluding ortho intramolecular Hbond substituents is 1. The zero-order valence-corrected chi connectivity index (χ0v) is 13.6. The van der Waals surface area contributed by atoms with Crippen LogP contribution in [-0.4, -0.2) is 29.8 Å². The molecule has 3 rings (SSSR count). The number of hydrogen-bond donors (Lipinski definition) is 2. The number of benzene rings is 2. The van der Waals surface area contributed by atoms with Gasteiger partial charge in [-0.3, -0.25) is 0 Å². The van der Waals surface area contributed by atoms with E-state index in [1.807, 2.05) is 38.1 Å². The minimum atomic E-state index is -0.544. The Kier molecular flexibility index (Phi) is 4.26. The van der Waals surface area contributed by atoms with Crippen molar-refractivity contribution in [2.24, 2.45) is 5.92 Å². The lowest BCUT2D eigenvalue weighted by molar-refractivity contribution is -0.0369. The summed E-state index contributed by atoms with van der Waals surface area (Å²) in [6.07, 6.45) is 1.98. The normalized spacial score (nSPS) is 16.4. The van der Waals surface area contributed by atoms with E-state index < -0.39 is 11.6 Å². The third-order valence-electron chi connectivity index (χ3n) is 4.80. The molecule has 2 aromatic rings. The number of hydrogen-bond acceptors (Lipinski definition) is 4. The molecule has 0 amide bonds. The third kappa shape index (κ3) is 3.17. The summed E-state index contributed by atoms with van der Waals surface area (Å²) >= 11 is 0. The van der Waals surface area contributed by atoms with E-state index in [4.69, 9.17) is 4.74 Å². The van der Waals surface area contributed by atoms with Crippen molar-refractivity contribution in [3.05, 3.63) is 42.0 Å². The first-order chi connectivity index (χ1) is 11.0. The van der Waals surface area contributed by atoms with Gasteiger partial charge in [0.15, 0.2) is 0 Å². The Bertz CT molecular complexity index is 718. The smallest absolute Gasteiger partial charge is 0.342 e. The SMILES string of the molecule is CC(C)(OC(=O)c1ccc2ccccc2c1O)C1CCNCC1. The first-order valence-corrected chi connectivity index (χ1v) is 8.14. The lowest BCUT2D eigenvalue weighted by atomic mass is 9.83. The Morgan fingerprint density at radius 1 is 1.17 bits per heavy atom. The predicted octanol–water partition coefficient (Wildman–Crippen LogP) is 3.48. The summed E-state index contributed by atoms with van der Waals surface area (Å²) in [5, 5.41) is 15.3. The second-order valence-corrected chi connectivity index (χ2v) is 6.70. The predicted molar refractivity (Wildman–Crippen MR) is 90.7 cm³/mol. The maximum atomic E-state index is 12.6. The topological polar surface area (TPSA) is 58.6 Å². The quantitative estimate of drug-likeness (QED) is 0.852. The van der Waals surface area contributed by atoms with Crippen LogP contribution in [0, 0.1) is 5.92 Å². The van der Waals surface area contributed by atoms with E-state index in [9.17, 15) is 9.90 Å². The van der Waals surface area contributed by atoms with Crippen LogP contribution in [0.15, 0.2) is 36.4 Å². The fraction of sp³-hybridized carbons (Fsp3) is 0.421. The van der Waals surface area contributed by atoms with E-state index in [1.54, 1.807) is 12.1 Å². The summed E-state index contributed by atoms with van der Waals surface area (Å²) in [4.78, 5) is 12.6. The molecule has 1 aliphatic rings. The Balaban J connectivity index is 1.84. The molecule has 23 heavy (non-hydrogen) atoms. The first-order valence-electron chi connectivity index (χ1n) is 8.14. The highest BCUT2D eigenvalue weighted by atomic mass is 16.6. The number of aromatic hydroxyl groups is 1. The van der Waals surface area contributed by atoms with Crippen LogP contribution in [0.25, 0.3) is 10.8 Å². The molecule has 4 heteroatoms. The average molecular weight is 313 g/mol. The molecule has 0 aromatic heterocycles. The summed E-state index contributed by atoms with van der Waals surface area (Å²) in [7, 11) is 0. The van der Waals surface area contributed by atoms with Gasteiger partial charge in [0.1, 0.15) is 16.9 Å². The monoisotopic (exact) mass is 313 g/mol. The molecule has 4 nitrogen and oxygen atoms in total. The minimum Gasteiger partial charge on any atom is -0.506 e.